The van der Waals surface area contributed by atoms with Gasteiger partial charge in [-0.1, -0.05) is 0 Å². The number of hydrogen-bond donors (Lipinski definition) is 2. The summed E-state index contributed by atoms with van der Waals surface area (Å²) in [6.07, 6.45) is 4.46. The SMILES string of the molecule is COCC1(C(=O)NC2CCCC2C#N)CCNCC1. The summed E-state index contributed by atoms with van der Waals surface area (Å²) in [5.41, 5.74) is -0.414. The topological polar surface area (TPSA) is 74.1 Å². The second-order valence-electron chi connectivity index (χ2n) is 5.71. The predicted octanol–water partition coefficient (Wildman–Crippen LogP) is 0.811. The molecule has 2 N–H and O–H groups in total. The number of nitrogens with one attached hydrogen (secondary N) is 2. The summed E-state index contributed by atoms with van der Waals surface area (Å²) >= 11 is 0. The van der Waals surface area contributed by atoms with Crippen LogP contribution in [-0.2, 0) is 9.53 Å². The van der Waals surface area contributed by atoms with Crippen molar-refractivity contribution in [2.75, 3.05) is 26.8 Å². The van der Waals surface area contributed by atoms with Gasteiger partial charge in [-0.2, -0.15) is 5.26 Å². The van der Waals surface area contributed by atoms with Crippen LogP contribution < -0.4 is 10.6 Å². The van der Waals surface area contributed by atoms with E-state index in [2.05, 4.69) is 16.7 Å². The molecule has 5 nitrogen and oxygen atoms in total. The lowest BCUT2D eigenvalue weighted by Gasteiger charge is -2.36. The zero-order valence-corrected chi connectivity index (χ0v) is 11.6. The van der Waals surface area contributed by atoms with E-state index in [0.29, 0.717) is 6.61 Å². The van der Waals surface area contributed by atoms with E-state index >= 15 is 0 Å². The van der Waals surface area contributed by atoms with Crippen LogP contribution in [0.5, 0.6) is 0 Å². The van der Waals surface area contributed by atoms with Crippen molar-refractivity contribution in [1.29, 1.82) is 5.26 Å². The molecule has 0 aromatic carbocycles. The van der Waals surface area contributed by atoms with Gasteiger partial charge in [0.15, 0.2) is 0 Å². The van der Waals surface area contributed by atoms with E-state index in [4.69, 9.17) is 10.00 Å². The van der Waals surface area contributed by atoms with Crippen LogP contribution in [0.4, 0.5) is 0 Å². The van der Waals surface area contributed by atoms with Crippen LogP contribution in [0.3, 0.4) is 0 Å². The Morgan fingerprint density at radius 3 is 2.84 bits per heavy atom. The van der Waals surface area contributed by atoms with Crippen molar-refractivity contribution in [3.05, 3.63) is 0 Å². The number of carbonyl (C=O) groups is 1. The van der Waals surface area contributed by atoms with Gasteiger partial charge in [0.1, 0.15) is 0 Å². The molecule has 1 saturated heterocycles. The van der Waals surface area contributed by atoms with Crippen molar-refractivity contribution in [2.24, 2.45) is 11.3 Å². The third-order valence-electron chi connectivity index (χ3n) is 4.46. The molecule has 2 aliphatic rings. The third kappa shape index (κ3) is 3.07. The molecule has 1 aliphatic heterocycles. The smallest absolute Gasteiger partial charge is 0.228 e. The van der Waals surface area contributed by atoms with Crippen LogP contribution in [0.15, 0.2) is 0 Å². The molecule has 0 aromatic heterocycles. The zero-order valence-electron chi connectivity index (χ0n) is 11.6. The van der Waals surface area contributed by atoms with Gasteiger partial charge in [0.2, 0.25) is 5.91 Å². The molecule has 5 heteroatoms. The van der Waals surface area contributed by atoms with Crippen LogP contribution in [0.2, 0.25) is 0 Å². The molecule has 2 fully saturated rings. The van der Waals surface area contributed by atoms with Gasteiger partial charge in [0.05, 0.1) is 24.0 Å². The summed E-state index contributed by atoms with van der Waals surface area (Å²) in [6.45, 7) is 2.16. The number of ether oxygens (including phenoxy) is 1. The molecule has 2 atom stereocenters. The minimum atomic E-state index is -0.414. The van der Waals surface area contributed by atoms with Crippen molar-refractivity contribution >= 4 is 5.91 Å². The quantitative estimate of drug-likeness (QED) is 0.789. The first kappa shape index (κ1) is 14.3. The number of methoxy groups -OCH3 is 1. The van der Waals surface area contributed by atoms with Gasteiger partial charge < -0.3 is 15.4 Å². The number of nitriles is 1. The van der Waals surface area contributed by atoms with Crippen molar-refractivity contribution in [3.63, 3.8) is 0 Å². The van der Waals surface area contributed by atoms with Gasteiger partial charge >= 0.3 is 0 Å². The minimum Gasteiger partial charge on any atom is -0.384 e. The Balaban J connectivity index is 2.01. The molecule has 2 unspecified atom stereocenters. The van der Waals surface area contributed by atoms with Gasteiger partial charge in [-0.25, -0.2) is 0 Å². The second kappa shape index (κ2) is 6.36. The second-order valence-corrected chi connectivity index (χ2v) is 5.71. The highest BCUT2D eigenvalue weighted by atomic mass is 16.5. The molecule has 2 rings (SSSR count). The Kier molecular flexibility index (Phi) is 4.78. The fourth-order valence-corrected chi connectivity index (χ4v) is 3.23. The van der Waals surface area contributed by atoms with E-state index in [0.717, 1.165) is 45.2 Å². The highest BCUT2D eigenvalue weighted by molar-refractivity contribution is 5.83. The predicted molar refractivity (Wildman–Crippen MR) is 71.3 cm³/mol. The van der Waals surface area contributed by atoms with E-state index < -0.39 is 5.41 Å². The fraction of sp³-hybridized carbons (Fsp3) is 0.857. The molecule has 106 valence electrons. The van der Waals surface area contributed by atoms with E-state index in [1.807, 2.05) is 0 Å². The monoisotopic (exact) mass is 265 g/mol. The lowest BCUT2D eigenvalue weighted by atomic mass is 9.78. The van der Waals surface area contributed by atoms with Crippen LogP contribution in [-0.4, -0.2) is 38.8 Å². The average Bonchev–Trinajstić information content (AvgIpc) is 2.87. The van der Waals surface area contributed by atoms with Gasteiger partial charge in [-0.3, -0.25) is 4.79 Å². The first-order valence-electron chi connectivity index (χ1n) is 7.12. The van der Waals surface area contributed by atoms with Gasteiger partial charge in [0.25, 0.3) is 0 Å². The Morgan fingerprint density at radius 2 is 2.21 bits per heavy atom. The summed E-state index contributed by atoms with van der Waals surface area (Å²) in [6, 6.07) is 2.34. The Labute approximate surface area is 114 Å². The van der Waals surface area contributed by atoms with Gasteiger partial charge in [0, 0.05) is 13.2 Å². The number of nitrogens with zero attached hydrogens (tertiary/aromatic N) is 1. The first-order valence-corrected chi connectivity index (χ1v) is 7.12. The number of rotatable bonds is 4. The van der Waals surface area contributed by atoms with Gasteiger partial charge in [-0.15, -0.1) is 0 Å². The summed E-state index contributed by atoms with van der Waals surface area (Å²) in [7, 11) is 1.64. The molecule has 0 radical (unpaired) electrons. The number of amides is 1. The Morgan fingerprint density at radius 1 is 1.47 bits per heavy atom. The molecular weight excluding hydrogens is 242 g/mol. The molecule has 1 amide bonds. The van der Waals surface area contributed by atoms with E-state index in [1.54, 1.807) is 7.11 Å². The van der Waals surface area contributed by atoms with Crippen molar-refractivity contribution in [3.8, 4) is 6.07 Å². The molecule has 1 aliphatic carbocycles. The van der Waals surface area contributed by atoms with Crippen LogP contribution in [0.1, 0.15) is 32.1 Å². The molecular formula is C14H23N3O2. The molecule has 0 aromatic rings. The molecule has 19 heavy (non-hydrogen) atoms. The first-order chi connectivity index (χ1) is 9.22. The van der Waals surface area contributed by atoms with Crippen LogP contribution >= 0.6 is 0 Å². The minimum absolute atomic E-state index is 0.0229. The van der Waals surface area contributed by atoms with E-state index in [1.165, 1.54) is 0 Å². The number of carbonyl (C=O) groups excluding carboxylic acids is 1. The Bertz CT molecular complexity index is 353. The lowest BCUT2D eigenvalue weighted by Crippen LogP contribution is -2.53. The molecule has 1 saturated carbocycles. The molecule has 1 heterocycles. The molecule has 0 spiro atoms. The fourth-order valence-electron chi connectivity index (χ4n) is 3.23. The maximum absolute atomic E-state index is 12.6. The van der Waals surface area contributed by atoms with Crippen molar-refractivity contribution in [1.82, 2.24) is 10.6 Å². The molecule has 0 bridgehead atoms. The number of hydrogen-bond acceptors (Lipinski definition) is 4. The van der Waals surface area contributed by atoms with E-state index in [9.17, 15) is 4.79 Å². The number of piperidine rings is 1. The van der Waals surface area contributed by atoms with Crippen molar-refractivity contribution in [2.45, 2.75) is 38.1 Å². The zero-order chi connectivity index (χ0) is 13.7. The van der Waals surface area contributed by atoms with E-state index in [-0.39, 0.29) is 17.9 Å². The summed E-state index contributed by atoms with van der Waals surface area (Å²) in [5.74, 6) is 0.0493. The lowest BCUT2D eigenvalue weighted by molar-refractivity contribution is -0.137. The summed E-state index contributed by atoms with van der Waals surface area (Å²) in [4.78, 5) is 12.6. The summed E-state index contributed by atoms with van der Waals surface area (Å²) in [5, 5.41) is 15.5. The highest BCUT2D eigenvalue weighted by Gasteiger charge is 2.41. The maximum atomic E-state index is 12.6. The normalized spacial score (nSPS) is 29.7. The Hall–Kier alpha value is -1.12. The van der Waals surface area contributed by atoms with Crippen molar-refractivity contribution < 1.29 is 9.53 Å². The van der Waals surface area contributed by atoms with Crippen LogP contribution in [0.25, 0.3) is 0 Å². The standard InChI is InChI=1S/C14H23N3O2/c1-19-10-14(5-7-16-8-6-14)13(18)17-12-4-2-3-11(12)9-15/h11-12,16H,2-8,10H2,1H3,(H,17,18). The van der Waals surface area contributed by atoms with Gasteiger partial charge in [-0.05, 0) is 45.2 Å². The largest absolute Gasteiger partial charge is 0.384 e. The third-order valence-corrected chi connectivity index (χ3v) is 4.46. The maximum Gasteiger partial charge on any atom is 0.228 e. The van der Waals surface area contributed by atoms with Crippen LogP contribution in [0, 0.1) is 22.7 Å². The average molecular weight is 265 g/mol. The highest BCUT2D eigenvalue weighted by Crippen LogP contribution is 2.31. The summed E-state index contributed by atoms with van der Waals surface area (Å²) < 4.78 is 5.27.